The van der Waals surface area contributed by atoms with Gasteiger partial charge in [0.15, 0.2) is 0 Å². The third kappa shape index (κ3) is 3.89. The molecule has 1 heterocycles. The highest BCUT2D eigenvalue weighted by Gasteiger charge is 2.11. The lowest BCUT2D eigenvalue weighted by atomic mass is 10.4. The van der Waals surface area contributed by atoms with E-state index in [1.54, 1.807) is 4.90 Å². The Kier molecular flexibility index (Phi) is 5.14. The van der Waals surface area contributed by atoms with Crippen molar-refractivity contribution in [1.29, 1.82) is 0 Å². The molecule has 2 amide bonds. The van der Waals surface area contributed by atoms with Crippen LogP contribution in [0.15, 0.2) is 16.8 Å². The van der Waals surface area contributed by atoms with Gasteiger partial charge in [-0.05, 0) is 17.9 Å². The van der Waals surface area contributed by atoms with Gasteiger partial charge in [-0.3, -0.25) is 0 Å². The first kappa shape index (κ1) is 12.0. The lowest BCUT2D eigenvalue weighted by molar-refractivity contribution is 0.188. The van der Waals surface area contributed by atoms with Crippen molar-refractivity contribution < 1.29 is 9.90 Å². The Morgan fingerprint density at radius 3 is 2.93 bits per heavy atom. The maximum absolute atomic E-state index is 11.7. The van der Waals surface area contributed by atoms with Crippen LogP contribution in [0.25, 0.3) is 0 Å². The summed E-state index contributed by atoms with van der Waals surface area (Å²) in [6.07, 6.45) is 0.886. The minimum absolute atomic E-state index is 0.00292. The average Bonchev–Trinajstić information content (AvgIpc) is 2.70. The van der Waals surface area contributed by atoms with Crippen LogP contribution >= 0.6 is 11.3 Å². The van der Waals surface area contributed by atoms with E-state index < -0.39 is 0 Å². The van der Waals surface area contributed by atoms with E-state index in [4.69, 9.17) is 5.11 Å². The second kappa shape index (κ2) is 6.42. The van der Waals surface area contributed by atoms with Crippen molar-refractivity contribution in [2.24, 2.45) is 0 Å². The van der Waals surface area contributed by atoms with Gasteiger partial charge >= 0.3 is 6.03 Å². The largest absolute Gasteiger partial charge is 0.395 e. The predicted octanol–water partition coefficient (Wildman–Crippen LogP) is 1.98. The number of thiophene rings is 1. The molecule has 1 aromatic rings. The summed E-state index contributed by atoms with van der Waals surface area (Å²) in [5.41, 5.74) is 0.809. The number of carbonyl (C=O) groups excluding carboxylic acids is 1. The highest BCUT2D eigenvalue weighted by molar-refractivity contribution is 7.08. The number of hydrogen-bond donors (Lipinski definition) is 2. The molecule has 0 aliphatic heterocycles. The van der Waals surface area contributed by atoms with Crippen LogP contribution in [0.4, 0.5) is 10.5 Å². The van der Waals surface area contributed by atoms with Crippen LogP contribution in [-0.4, -0.2) is 35.7 Å². The Balaban J connectivity index is 2.48. The van der Waals surface area contributed by atoms with E-state index in [2.05, 4.69) is 5.32 Å². The zero-order valence-corrected chi connectivity index (χ0v) is 9.59. The topological polar surface area (TPSA) is 52.6 Å². The fraction of sp³-hybridized carbons (Fsp3) is 0.500. The van der Waals surface area contributed by atoms with Crippen molar-refractivity contribution in [3.63, 3.8) is 0 Å². The highest BCUT2D eigenvalue weighted by atomic mass is 32.1. The number of urea groups is 1. The zero-order chi connectivity index (χ0) is 11.1. The van der Waals surface area contributed by atoms with Gasteiger partial charge in [0.2, 0.25) is 0 Å². The predicted molar refractivity (Wildman–Crippen MR) is 62.3 cm³/mol. The molecule has 2 N–H and O–H groups in total. The standard InChI is InChI=1S/C10H16N2O2S/c1-2-4-12(5-6-13)10(14)11-9-3-7-15-8-9/h3,7-8,13H,2,4-6H2,1H3,(H,11,14). The molecule has 0 aliphatic rings. The maximum atomic E-state index is 11.7. The normalized spacial score (nSPS) is 10.0. The van der Waals surface area contributed by atoms with Crippen molar-refractivity contribution in [2.45, 2.75) is 13.3 Å². The van der Waals surface area contributed by atoms with Gasteiger partial charge in [-0.2, -0.15) is 11.3 Å². The Morgan fingerprint density at radius 2 is 2.40 bits per heavy atom. The quantitative estimate of drug-likeness (QED) is 0.809. The van der Waals surface area contributed by atoms with Crippen molar-refractivity contribution in [2.75, 3.05) is 25.0 Å². The SMILES string of the molecule is CCCN(CCO)C(=O)Nc1ccsc1. The number of hydrogen-bond acceptors (Lipinski definition) is 3. The van der Waals surface area contributed by atoms with Crippen LogP contribution in [0.3, 0.4) is 0 Å². The molecule has 0 spiro atoms. The molecule has 0 aromatic carbocycles. The van der Waals surface area contributed by atoms with Crippen LogP contribution in [0, 0.1) is 0 Å². The van der Waals surface area contributed by atoms with Gasteiger partial charge in [-0.1, -0.05) is 6.92 Å². The van der Waals surface area contributed by atoms with E-state index in [1.807, 2.05) is 23.8 Å². The average molecular weight is 228 g/mol. The van der Waals surface area contributed by atoms with E-state index in [-0.39, 0.29) is 12.6 Å². The Labute approximate surface area is 93.5 Å². The number of rotatable bonds is 5. The number of carbonyl (C=O) groups is 1. The monoisotopic (exact) mass is 228 g/mol. The molecule has 0 aliphatic carbocycles. The first-order valence-electron chi connectivity index (χ1n) is 4.97. The second-order valence-electron chi connectivity index (χ2n) is 3.15. The highest BCUT2D eigenvalue weighted by Crippen LogP contribution is 2.12. The van der Waals surface area contributed by atoms with Crippen molar-refractivity contribution in [3.05, 3.63) is 16.8 Å². The van der Waals surface area contributed by atoms with Crippen LogP contribution in [0.1, 0.15) is 13.3 Å². The number of nitrogens with zero attached hydrogens (tertiary/aromatic N) is 1. The number of nitrogens with one attached hydrogen (secondary N) is 1. The molecule has 0 fully saturated rings. The van der Waals surface area contributed by atoms with Crippen LogP contribution in [-0.2, 0) is 0 Å². The summed E-state index contributed by atoms with van der Waals surface area (Å²) < 4.78 is 0. The molecule has 4 nitrogen and oxygen atoms in total. The summed E-state index contributed by atoms with van der Waals surface area (Å²) in [5, 5.41) is 15.4. The van der Waals surface area contributed by atoms with Crippen LogP contribution in [0.2, 0.25) is 0 Å². The fourth-order valence-electron chi connectivity index (χ4n) is 1.24. The van der Waals surface area contributed by atoms with E-state index >= 15 is 0 Å². The molecule has 0 atom stereocenters. The lowest BCUT2D eigenvalue weighted by Gasteiger charge is -2.20. The van der Waals surface area contributed by atoms with Crippen molar-refractivity contribution in [3.8, 4) is 0 Å². The molecule has 1 aromatic heterocycles. The molecular weight excluding hydrogens is 212 g/mol. The summed E-state index contributed by atoms with van der Waals surface area (Å²) in [6, 6.07) is 1.70. The number of aliphatic hydroxyl groups is 1. The molecule has 0 radical (unpaired) electrons. The van der Waals surface area contributed by atoms with Gasteiger partial charge in [-0.15, -0.1) is 0 Å². The molecule has 15 heavy (non-hydrogen) atoms. The first-order chi connectivity index (χ1) is 7.27. The van der Waals surface area contributed by atoms with Gasteiger partial charge in [0.1, 0.15) is 0 Å². The molecule has 0 saturated heterocycles. The minimum Gasteiger partial charge on any atom is -0.395 e. The third-order valence-electron chi connectivity index (χ3n) is 1.92. The molecular formula is C10H16N2O2S. The van der Waals surface area contributed by atoms with E-state index in [9.17, 15) is 4.79 Å². The number of amides is 2. The summed E-state index contributed by atoms with van der Waals surface area (Å²) >= 11 is 1.54. The number of aliphatic hydroxyl groups excluding tert-OH is 1. The van der Waals surface area contributed by atoms with E-state index in [0.717, 1.165) is 12.1 Å². The van der Waals surface area contributed by atoms with Gasteiger partial charge in [0.05, 0.1) is 12.3 Å². The molecule has 1 rings (SSSR count). The van der Waals surface area contributed by atoms with Crippen LogP contribution in [0.5, 0.6) is 0 Å². The van der Waals surface area contributed by atoms with Gasteiger partial charge in [-0.25, -0.2) is 4.79 Å². The smallest absolute Gasteiger partial charge is 0.321 e. The molecule has 84 valence electrons. The Morgan fingerprint density at radius 1 is 1.60 bits per heavy atom. The summed E-state index contributed by atoms with van der Waals surface area (Å²) in [4.78, 5) is 13.3. The summed E-state index contributed by atoms with van der Waals surface area (Å²) in [5.74, 6) is 0. The molecule has 5 heteroatoms. The Bertz CT molecular complexity index is 282. The molecule has 0 saturated carbocycles. The van der Waals surface area contributed by atoms with Gasteiger partial charge < -0.3 is 15.3 Å². The lowest BCUT2D eigenvalue weighted by Crippen LogP contribution is -2.37. The Hall–Kier alpha value is -1.07. The molecule has 0 unspecified atom stereocenters. The van der Waals surface area contributed by atoms with Crippen LogP contribution < -0.4 is 5.32 Å². The van der Waals surface area contributed by atoms with Gasteiger partial charge in [0.25, 0.3) is 0 Å². The van der Waals surface area contributed by atoms with Gasteiger partial charge in [0, 0.05) is 18.5 Å². The van der Waals surface area contributed by atoms with E-state index in [0.29, 0.717) is 13.1 Å². The van der Waals surface area contributed by atoms with E-state index in [1.165, 1.54) is 11.3 Å². The minimum atomic E-state index is -0.149. The third-order valence-corrected chi connectivity index (χ3v) is 2.61. The first-order valence-corrected chi connectivity index (χ1v) is 5.91. The number of anilines is 1. The van der Waals surface area contributed by atoms with Crippen molar-refractivity contribution >= 4 is 23.1 Å². The summed E-state index contributed by atoms with van der Waals surface area (Å²) in [7, 11) is 0. The molecule has 0 bridgehead atoms. The van der Waals surface area contributed by atoms with Crippen molar-refractivity contribution in [1.82, 2.24) is 4.90 Å². The fourth-order valence-corrected chi connectivity index (χ4v) is 1.83. The second-order valence-corrected chi connectivity index (χ2v) is 3.93. The summed E-state index contributed by atoms with van der Waals surface area (Å²) in [6.45, 7) is 3.04. The zero-order valence-electron chi connectivity index (χ0n) is 8.77. The maximum Gasteiger partial charge on any atom is 0.321 e.